The van der Waals surface area contributed by atoms with Crippen LogP contribution in [0.4, 0.5) is 5.95 Å². The van der Waals surface area contributed by atoms with Gasteiger partial charge in [0.2, 0.25) is 5.95 Å². The first-order valence-electron chi connectivity index (χ1n) is 9.95. The first kappa shape index (κ1) is 21.2. The van der Waals surface area contributed by atoms with Gasteiger partial charge in [0.15, 0.2) is 0 Å². The number of nitrogens with one attached hydrogen (secondary N) is 1. The molecule has 0 atom stereocenters. The molecule has 1 aromatic heterocycles. The molecule has 0 aliphatic rings. The van der Waals surface area contributed by atoms with Crippen LogP contribution in [0.3, 0.4) is 0 Å². The third-order valence-electron chi connectivity index (χ3n) is 4.35. The second kappa shape index (κ2) is 17.0. The van der Waals surface area contributed by atoms with Crippen LogP contribution in [0.1, 0.15) is 83.5 Å². The van der Waals surface area contributed by atoms with Crippen LogP contribution < -0.4 is 5.32 Å². The summed E-state index contributed by atoms with van der Waals surface area (Å²) in [6.07, 6.45) is 20.4. The lowest BCUT2D eigenvalue weighted by Crippen LogP contribution is -2.04. The van der Waals surface area contributed by atoms with Gasteiger partial charge in [-0.1, -0.05) is 75.7 Å². The summed E-state index contributed by atoms with van der Waals surface area (Å²) >= 11 is 0. The molecular weight excluding hydrogens is 312 g/mol. The molecule has 0 saturated carbocycles. The highest BCUT2D eigenvalue weighted by Crippen LogP contribution is 2.12. The van der Waals surface area contributed by atoms with Gasteiger partial charge in [-0.25, -0.2) is 9.97 Å². The Balaban J connectivity index is 1.71. The van der Waals surface area contributed by atoms with Crippen LogP contribution in [0.15, 0.2) is 23.6 Å². The maximum absolute atomic E-state index is 8.18. The molecule has 0 saturated heterocycles. The molecule has 6 heteroatoms. The summed E-state index contributed by atoms with van der Waals surface area (Å²) in [6, 6.07) is 1.83. The molecule has 1 heterocycles. The number of hydrogen-bond acceptors (Lipinski definition) is 4. The molecule has 0 aromatic carbocycles. The van der Waals surface area contributed by atoms with Gasteiger partial charge >= 0.3 is 0 Å². The van der Waals surface area contributed by atoms with Crippen molar-refractivity contribution in [3.8, 4) is 0 Å². The predicted molar refractivity (Wildman–Crippen MR) is 105 cm³/mol. The van der Waals surface area contributed by atoms with Crippen LogP contribution in [-0.2, 0) is 0 Å². The minimum Gasteiger partial charge on any atom is -0.354 e. The number of azide groups is 1. The van der Waals surface area contributed by atoms with E-state index in [4.69, 9.17) is 5.53 Å². The van der Waals surface area contributed by atoms with Crippen molar-refractivity contribution in [2.75, 3.05) is 18.4 Å². The van der Waals surface area contributed by atoms with Crippen molar-refractivity contribution in [2.45, 2.75) is 83.5 Å². The van der Waals surface area contributed by atoms with Crippen LogP contribution in [0.5, 0.6) is 0 Å². The summed E-state index contributed by atoms with van der Waals surface area (Å²) in [4.78, 5) is 11.1. The van der Waals surface area contributed by atoms with E-state index in [1.807, 2.05) is 6.07 Å². The summed E-state index contributed by atoms with van der Waals surface area (Å²) in [5, 5.41) is 6.81. The molecule has 1 rings (SSSR count). The fourth-order valence-electron chi connectivity index (χ4n) is 2.89. The van der Waals surface area contributed by atoms with E-state index < -0.39 is 0 Å². The second-order valence-corrected chi connectivity index (χ2v) is 6.55. The van der Waals surface area contributed by atoms with Gasteiger partial charge < -0.3 is 5.32 Å². The monoisotopic (exact) mass is 346 g/mol. The fourth-order valence-corrected chi connectivity index (χ4v) is 2.89. The largest absolute Gasteiger partial charge is 0.354 e. The minimum absolute atomic E-state index is 0.659. The number of rotatable bonds is 17. The average Bonchev–Trinajstić information content (AvgIpc) is 2.65. The minimum atomic E-state index is 0.659. The molecular formula is C19H34N6. The molecule has 0 fully saturated rings. The van der Waals surface area contributed by atoms with Gasteiger partial charge in [-0.3, -0.25) is 0 Å². The number of aromatic nitrogens is 2. The van der Waals surface area contributed by atoms with E-state index in [-0.39, 0.29) is 0 Å². The SMILES string of the molecule is [N-]=[N+]=NCCCCCCCCCCCCCCCNc1ncccn1. The third kappa shape index (κ3) is 14.3. The molecule has 6 nitrogen and oxygen atoms in total. The van der Waals surface area contributed by atoms with Crippen molar-refractivity contribution in [3.63, 3.8) is 0 Å². The zero-order chi connectivity index (χ0) is 17.8. The van der Waals surface area contributed by atoms with E-state index in [2.05, 4.69) is 25.3 Å². The molecule has 0 amide bonds. The number of nitrogens with zero attached hydrogens (tertiary/aromatic N) is 5. The topological polar surface area (TPSA) is 86.6 Å². The zero-order valence-corrected chi connectivity index (χ0v) is 15.6. The Hall–Kier alpha value is -1.81. The maximum Gasteiger partial charge on any atom is 0.222 e. The molecule has 0 unspecified atom stereocenters. The van der Waals surface area contributed by atoms with Gasteiger partial charge in [0.05, 0.1) is 0 Å². The summed E-state index contributed by atoms with van der Waals surface area (Å²) in [5.41, 5.74) is 8.18. The first-order valence-corrected chi connectivity index (χ1v) is 9.95. The van der Waals surface area contributed by atoms with E-state index >= 15 is 0 Å². The smallest absolute Gasteiger partial charge is 0.222 e. The highest BCUT2D eigenvalue weighted by atomic mass is 15.1. The molecule has 0 bridgehead atoms. The van der Waals surface area contributed by atoms with Gasteiger partial charge in [0, 0.05) is 30.4 Å². The van der Waals surface area contributed by atoms with Gasteiger partial charge in [-0.2, -0.15) is 0 Å². The van der Waals surface area contributed by atoms with Gasteiger partial charge in [-0.05, 0) is 24.4 Å². The molecule has 0 spiro atoms. The van der Waals surface area contributed by atoms with E-state index in [0.29, 0.717) is 6.54 Å². The molecule has 25 heavy (non-hydrogen) atoms. The summed E-state index contributed by atoms with van der Waals surface area (Å²) in [5.74, 6) is 0.734. The van der Waals surface area contributed by atoms with Crippen molar-refractivity contribution < 1.29 is 0 Å². The number of anilines is 1. The molecule has 1 aromatic rings. The van der Waals surface area contributed by atoms with Crippen molar-refractivity contribution in [3.05, 3.63) is 28.9 Å². The van der Waals surface area contributed by atoms with Gasteiger partial charge in [0.1, 0.15) is 0 Å². The third-order valence-corrected chi connectivity index (χ3v) is 4.35. The van der Waals surface area contributed by atoms with Crippen molar-refractivity contribution >= 4 is 5.95 Å². The lowest BCUT2D eigenvalue weighted by atomic mass is 10.0. The molecule has 0 radical (unpaired) electrons. The Kier molecular flexibility index (Phi) is 14.5. The highest BCUT2D eigenvalue weighted by Gasteiger charge is 1.95. The Morgan fingerprint density at radius 3 is 1.76 bits per heavy atom. The zero-order valence-electron chi connectivity index (χ0n) is 15.6. The van der Waals surface area contributed by atoms with Crippen molar-refractivity contribution in [1.29, 1.82) is 0 Å². The predicted octanol–water partition coefficient (Wildman–Crippen LogP) is 6.27. The first-order chi connectivity index (χ1) is 12.4. The normalized spacial score (nSPS) is 10.4. The van der Waals surface area contributed by atoms with Crippen molar-refractivity contribution in [1.82, 2.24) is 9.97 Å². The summed E-state index contributed by atoms with van der Waals surface area (Å²) < 4.78 is 0. The van der Waals surface area contributed by atoms with Crippen LogP contribution >= 0.6 is 0 Å². The van der Waals surface area contributed by atoms with E-state index in [1.165, 1.54) is 77.0 Å². The molecule has 0 aliphatic heterocycles. The fraction of sp³-hybridized carbons (Fsp3) is 0.789. The van der Waals surface area contributed by atoms with Crippen LogP contribution in [0.2, 0.25) is 0 Å². The van der Waals surface area contributed by atoms with Crippen LogP contribution in [0.25, 0.3) is 10.4 Å². The summed E-state index contributed by atoms with van der Waals surface area (Å²) in [7, 11) is 0. The molecule has 0 aliphatic carbocycles. The van der Waals surface area contributed by atoms with Crippen molar-refractivity contribution in [2.24, 2.45) is 5.11 Å². The highest BCUT2D eigenvalue weighted by molar-refractivity contribution is 5.21. The average molecular weight is 347 g/mol. The second-order valence-electron chi connectivity index (χ2n) is 6.55. The lowest BCUT2D eigenvalue weighted by molar-refractivity contribution is 0.539. The Labute approximate surface area is 152 Å². The molecule has 140 valence electrons. The Morgan fingerprint density at radius 2 is 1.24 bits per heavy atom. The standard InChI is InChI=1S/C19H34N6/c20-25-24-18-13-11-9-7-5-3-1-2-4-6-8-10-12-15-21-19-22-16-14-17-23-19/h14,16-17H,1-13,15,18H2,(H,21,22,23). The number of hydrogen-bond donors (Lipinski definition) is 1. The van der Waals surface area contributed by atoms with E-state index in [9.17, 15) is 0 Å². The van der Waals surface area contributed by atoms with Crippen LogP contribution in [0, 0.1) is 0 Å². The Bertz CT molecular complexity index is 444. The summed E-state index contributed by atoms with van der Waals surface area (Å²) in [6.45, 7) is 1.62. The Morgan fingerprint density at radius 1 is 0.760 bits per heavy atom. The van der Waals surface area contributed by atoms with Gasteiger partial charge in [-0.15, -0.1) is 0 Å². The van der Waals surface area contributed by atoms with E-state index in [0.717, 1.165) is 18.9 Å². The molecule has 1 N–H and O–H groups in total. The quantitative estimate of drug-likeness (QED) is 0.156. The maximum atomic E-state index is 8.18. The number of unbranched alkanes of at least 4 members (excludes halogenated alkanes) is 12. The lowest BCUT2D eigenvalue weighted by Gasteiger charge is -2.04. The van der Waals surface area contributed by atoms with Gasteiger partial charge in [0.25, 0.3) is 0 Å². The van der Waals surface area contributed by atoms with Crippen LogP contribution in [-0.4, -0.2) is 23.1 Å². The van der Waals surface area contributed by atoms with E-state index in [1.54, 1.807) is 12.4 Å².